The Kier molecular flexibility index (Phi) is 5.39. The van der Waals surface area contributed by atoms with Crippen molar-refractivity contribution >= 4 is 33.7 Å². The van der Waals surface area contributed by atoms with Gasteiger partial charge in [-0.15, -0.1) is 11.3 Å². The zero-order valence-corrected chi connectivity index (χ0v) is 14.5. The number of hydrogen-bond donors (Lipinski definition) is 1. The van der Waals surface area contributed by atoms with Gasteiger partial charge in [0.2, 0.25) is 11.8 Å². The molecule has 1 N–H and O–H groups in total. The van der Waals surface area contributed by atoms with E-state index in [9.17, 15) is 4.79 Å². The second-order valence-corrected chi connectivity index (χ2v) is 6.43. The molecule has 0 aliphatic rings. The van der Waals surface area contributed by atoms with Crippen LogP contribution in [0, 0.1) is 0 Å². The van der Waals surface area contributed by atoms with Crippen molar-refractivity contribution in [2.75, 3.05) is 19.0 Å². The van der Waals surface area contributed by atoms with Crippen LogP contribution in [0.3, 0.4) is 0 Å². The van der Waals surface area contributed by atoms with E-state index in [0.29, 0.717) is 29.1 Å². The van der Waals surface area contributed by atoms with Gasteiger partial charge in [0.05, 0.1) is 19.3 Å². The summed E-state index contributed by atoms with van der Waals surface area (Å²) in [5.74, 6) is 0.398. The average molecular weight is 361 g/mol. The molecular weight excluding hydrogens is 346 g/mol. The van der Waals surface area contributed by atoms with Crippen LogP contribution in [-0.4, -0.2) is 29.6 Å². The quantitative estimate of drug-likeness (QED) is 0.697. The number of methoxy groups -OCH3 is 1. The van der Waals surface area contributed by atoms with Crippen molar-refractivity contribution in [1.29, 1.82) is 0 Å². The van der Waals surface area contributed by atoms with Gasteiger partial charge < -0.3 is 9.47 Å². The molecule has 0 fully saturated rings. The van der Waals surface area contributed by atoms with E-state index in [0.717, 1.165) is 6.42 Å². The summed E-state index contributed by atoms with van der Waals surface area (Å²) < 4.78 is 10.8. The van der Waals surface area contributed by atoms with Gasteiger partial charge in [-0.3, -0.25) is 10.1 Å². The lowest BCUT2D eigenvalue weighted by Crippen LogP contribution is -2.13. The SMILES string of the molecule is COc1cc(C(=O)Nc2nccs2)cc(OCCc2ccsc2)n1. The van der Waals surface area contributed by atoms with Crippen LogP contribution >= 0.6 is 22.7 Å². The van der Waals surface area contributed by atoms with Crippen molar-refractivity contribution in [1.82, 2.24) is 9.97 Å². The maximum absolute atomic E-state index is 12.3. The number of nitrogens with one attached hydrogen (secondary N) is 1. The van der Waals surface area contributed by atoms with Crippen LogP contribution in [0.4, 0.5) is 5.13 Å². The molecule has 0 atom stereocenters. The first-order chi connectivity index (χ1) is 11.7. The lowest BCUT2D eigenvalue weighted by atomic mass is 10.2. The molecule has 3 rings (SSSR count). The van der Waals surface area contributed by atoms with Crippen LogP contribution < -0.4 is 14.8 Å². The van der Waals surface area contributed by atoms with Gasteiger partial charge in [0, 0.05) is 30.1 Å². The van der Waals surface area contributed by atoms with Crippen LogP contribution in [-0.2, 0) is 6.42 Å². The number of hydrogen-bond acceptors (Lipinski definition) is 7. The summed E-state index contributed by atoms with van der Waals surface area (Å²) in [6.07, 6.45) is 2.41. The van der Waals surface area contributed by atoms with Gasteiger partial charge >= 0.3 is 0 Å². The summed E-state index contributed by atoms with van der Waals surface area (Å²) in [5.41, 5.74) is 1.62. The van der Waals surface area contributed by atoms with Gasteiger partial charge in [-0.2, -0.15) is 16.3 Å². The van der Waals surface area contributed by atoms with E-state index >= 15 is 0 Å². The van der Waals surface area contributed by atoms with Crippen molar-refractivity contribution in [3.63, 3.8) is 0 Å². The van der Waals surface area contributed by atoms with E-state index in [4.69, 9.17) is 9.47 Å². The van der Waals surface area contributed by atoms with Crippen LogP contribution in [0.15, 0.2) is 40.5 Å². The molecule has 0 spiro atoms. The highest BCUT2D eigenvalue weighted by Crippen LogP contribution is 2.20. The first-order valence-electron chi connectivity index (χ1n) is 7.15. The van der Waals surface area contributed by atoms with E-state index in [-0.39, 0.29) is 5.91 Å². The predicted octanol–water partition coefficient (Wildman–Crippen LogP) is 3.48. The number of ether oxygens (including phenoxy) is 2. The fraction of sp³-hybridized carbons (Fsp3) is 0.188. The van der Waals surface area contributed by atoms with Crippen LogP contribution in [0.2, 0.25) is 0 Å². The number of anilines is 1. The molecule has 6 nitrogen and oxygen atoms in total. The minimum atomic E-state index is -0.284. The maximum atomic E-state index is 12.3. The number of thiazole rings is 1. The number of pyridine rings is 1. The third-order valence-electron chi connectivity index (χ3n) is 3.12. The molecular formula is C16H15N3O3S2. The number of carbonyl (C=O) groups is 1. The van der Waals surface area contributed by atoms with E-state index < -0.39 is 0 Å². The molecule has 0 aromatic carbocycles. The summed E-state index contributed by atoms with van der Waals surface area (Å²) >= 11 is 3.00. The Morgan fingerprint density at radius 2 is 2.17 bits per heavy atom. The lowest BCUT2D eigenvalue weighted by molar-refractivity contribution is 0.102. The summed E-state index contributed by atoms with van der Waals surface area (Å²) in [6, 6.07) is 5.22. The number of amides is 1. The fourth-order valence-corrected chi connectivity index (χ4v) is 3.18. The Morgan fingerprint density at radius 1 is 1.29 bits per heavy atom. The second-order valence-electron chi connectivity index (χ2n) is 4.76. The smallest absolute Gasteiger partial charge is 0.257 e. The monoisotopic (exact) mass is 361 g/mol. The molecule has 0 aliphatic carbocycles. The molecule has 0 saturated heterocycles. The second kappa shape index (κ2) is 7.89. The van der Waals surface area contributed by atoms with Crippen molar-refractivity contribution in [3.05, 3.63) is 51.7 Å². The molecule has 0 aliphatic heterocycles. The van der Waals surface area contributed by atoms with Crippen LogP contribution in [0.25, 0.3) is 0 Å². The number of aromatic nitrogens is 2. The van der Waals surface area contributed by atoms with E-state index in [2.05, 4.69) is 26.7 Å². The molecule has 124 valence electrons. The first-order valence-corrected chi connectivity index (χ1v) is 8.97. The van der Waals surface area contributed by atoms with Gasteiger partial charge in [-0.25, -0.2) is 4.98 Å². The minimum Gasteiger partial charge on any atom is -0.481 e. The van der Waals surface area contributed by atoms with Gasteiger partial charge in [0.1, 0.15) is 0 Å². The molecule has 24 heavy (non-hydrogen) atoms. The van der Waals surface area contributed by atoms with E-state index in [1.807, 2.05) is 5.38 Å². The topological polar surface area (TPSA) is 73.3 Å². The van der Waals surface area contributed by atoms with Gasteiger partial charge in [0.25, 0.3) is 5.91 Å². The zero-order chi connectivity index (χ0) is 16.8. The number of thiophene rings is 1. The molecule has 3 heterocycles. The van der Waals surface area contributed by atoms with Gasteiger partial charge in [0.15, 0.2) is 5.13 Å². The third-order valence-corrected chi connectivity index (χ3v) is 4.54. The molecule has 1 amide bonds. The lowest BCUT2D eigenvalue weighted by Gasteiger charge is -2.09. The molecule has 3 aromatic heterocycles. The number of rotatable bonds is 7. The highest BCUT2D eigenvalue weighted by atomic mass is 32.1. The largest absolute Gasteiger partial charge is 0.481 e. The summed E-state index contributed by atoms with van der Waals surface area (Å²) in [5, 5.41) is 9.16. The Balaban J connectivity index is 1.68. The molecule has 0 bridgehead atoms. The average Bonchev–Trinajstić information content (AvgIpc) is 3.28. The number of carbonyl (C=O) groups excluding carboxylic acids is 1. The Morgan fingerprint density at radius 3 is 2.88 bits per heavy atom. The zero-order valence-electron chi connectivity index (χ0n) is 12.9. The molecule has 0 unspecified atom stereocenters. The fourth-order valence-electron chi connectivity index (χ4n) is 1.95. The Labute approximate surface area is 147 Å². The molecule has 3 aromatic rings. The Hall–Kier alpha value is -2.45. The highest BCUT2D eigenvalue weighted by Gasteiger charge is 2.12. The number of nitrogens with zero attached hydrogens (tertiary/aromatic N) is 2. The van der Waals surface area contributed by atoms with Crippen LogP contribution in [0.5, 0.6) is 11.8 Å². The third kappa shape index (κ3) is 4.30. The predicted molar refractivity (Wildman–Crippen MR) is 94.4 cm³/mol. The standard InChI is InChI=1S/C16H15N3O3S2/c1-21-13-8-12(15(20)19-16-17-4-7-24-16)9-14(18-13)22-5-2-11-3-6-23-10-11/h3-4,6-10H,2,5H2,1H3,(H,17,19,20). The van der Waals surface area contributed by atoms with Gasteiger partial charge in [-0.1, -0.05) is 0 Å². The maximum Gasteiger partial charge on any atom is 0.257 e. The van der Waals surface area contributed by atoms with Crippen molar-refractivity contribution < 1.29 is 14.3 Å². The van der Waals surface area contributed by atoms with Crippen LogP contribution in [0.1, 0.15) is 15.9 Å². The van der Waals surface area contributed by atoms with Gasteiger partial charge in [-0.05, 0) is 22.4 Å². The molecule has 8 heteroatoms. The molecule has 0 saturated carbocycles. The molecule has 0 radical (unpaired) electrons. The normalized spacial score (nSPS) is 10.4. The summed E-state index contributed by atoms with van der Waals surface area (Å²) in [6.45, 7) is 0.477. The summed E-state index contributed by atoms with van der Waals surface area (Å²) in [4.78, 5) is 20.6. The Bertz CT molecular complexity index is 789. The first kappa shape index (κ1) is 16.4. The highest BCUT2D eigenvalue weighted by molar-refractivity contribution is 7.13. The summed E-state index contributed by atoms with van der Waals surface area (Å²) in [7, 11) is 1.50. The van der Waals surface area contributed by atoms with Crippen molar-refractivity contribution in [3.8, 4) is 11.8 Å². The van der Waals surface area contributed by atoms with E-state index in [1.165, 1.54) is 24.0 Å². The van der Waals surface area contributed by atoms with Crippen molar-refractivity contribution in [2.24, 2.45) is 0 Å². The van der Waals surface area contributed by atoms with Crippen molar-refractivity contribution in [2.45, 2.75) is 6.42 Å². The minimum absolute atomic E-state index is 0.284. The van der Waals surface area contributed by atoms with E-state index in [1.54, 1.807) is 35.0 Å².